The highest BCUT2D eigenvalue weighted by Crippen LogP contribution is 2.23. The van der Waals surface area contributed by atoms with Crippen molar-refractivity contribution in [3.63, 3.8) is 0 Å². The number of benzene rings is 1. The lowest BCUT2D eigenvalue weighted by Gasteiger charge is -2.31. The lowest BCUT2D eigenvalue weighted by Crippen LogP contribution is -2.36. The quantitative estimate of drug-likeness (QED) is 0.901. The molecule has 0 saturated carbocycles. The smallest absolute Gasteiger partial charge is 0.187 e. The Balaban J connectivity index is 1.98. The Labute approximate surface area is 105 Å². The van der Waals surface area contributed by atoms with Crippen molar-refractivity contribution in [1.82, 2.24) is 4.90 Å². The first-order chi connectivity index (χ1) is 8.60. The average Bonchev–Trinajstić information content (AvgIpc) is 2.37. The molecule has 100 valence electrons. The molecule has 3 nitrogen and oxygen atoms in total. The molecule has 0 unspecified atom stereocenters. The summed E-state index contributed by atoms with van der Waals surface area (Å²) in [7, 11) is 1.70. The Morgan fingerprint density at radius 2 is 1.83 bits per heavy atom. The van der Waals surface area contributed by atoms with E-state index >= 15 is 0 Å². The molecule has 1 fully saturated rings. The van der Waals surface area contributed by atoms with E-state index in [1.807, 2.05) is 0 Å². The molecule has 1 aliphatic rings. The summed E-state index contributed by atoms with van der Waals surface area (Å²) in [4.78, 5) is 2.13. The molecular formula is C13H17F2NO2. The Morgan fingerprint density at radius 1 is 1.28 bits per heavy atom. The van der Waals surface area contributed by atoms with Gasteiger partial charge in [-0.05, 0) is 30.5 Å². The molecule has 0 amide bonds. The van der Waals surface area contributed by atoms with E-state index in [9.17, 15) is 8.78 Å². The van der Waals surface area contributed by atoms with Gasteiger partial charge in [0.1, 0.15) is 0 Å². The summed E-state index contributed by atoms with van der Waals surface area (Å²) in [5.41, 5.74) is 0.540. The minimum atomic E-state index is -0.906. The molecule has 1 N–H and O–H groups in total. The lowest BCUT2D eigenvalue weighted by atomic mass is 10.1. The van der Waals surface area contributed by atoms with E-state index in [0.717, 1.165) is 25.9 Å². The van der Waals surface area contributed by atoms with Gasteiger partial charge in [0.15, 0.2) is 17.4 Å². The van der Waals surface area contributed by atoms with Gasteiger partial charge in [0.05, 0.1) is 6.10 Å². The second-order valence-electron chi connectivity index (χ2n) is 4.62. The van der Waals surface area contributed by atoms with Crippen LogP contribution in [0.3, 0.4) is 0 Å². The molecular weight excluding hydrogens is 240 g/mol. The number of aromatic hydroxyl groups is 1. The van der Waals surface area contributed by atoms with Crippen LogP contribution in [0.5, 0.6) is 5.75 Å². The van der Waals surface area contributed by atoms with Gasteiger partial charge in [0.2, 0.25) is 0 Å². The molecule has 0 atom stereocenters. The largest absolute Gasteiger partial charge is 0.503 e. The number of hydrogen-bond acceptors (Lipinski definition) is 3. The molecule has 5 heteroatoms. The van der Waals surface area contributed by atoms with E-state index < -0.39 is 17.4 Å². The summed E-state index contributed by atoms with van der Waals surface area (Å²) in [6, 6.07) is 2.36. The Kier molecular flexibility index (Phi) is 4.14. The number of likely N-dealkylation sites (tertiary alicyclic amines) is 1. The molecule has 0 bridgehead atoms. The molecule has 1 aromatic carbocycles. The predicted molar refractivity (Wildman–Crippen MR) is 63.3 cm³/mol. The summed E-state index contributed by atoms with van der Waals surface area (Å²) in [6.07, 6.45) is 2.15. The third kappa shape index (κ3) is 2.97. The number of methoxy groups -OCH3 is 1. The SMILES string of the molecule is COC1CCN(Cc2cc(F)c(O)c(F)c2)CC1. The zero-order valence-corrected chi connectivity index (χ0v) is 10.3. The number of halogens is 2. The van der Waals surface area contributed by atoms with E-state index in [2.05, 4.69) is 4.90 Å². The average molecular weight is 257 g/mol. The van der Waals surface area contributed by atoms with Gasteiger partial charge < -0.3 is 9.84 Å². The van der Waals surface area contributed by atoms with Crippen molar-refractivity contribution in [2.45, 2.75) is 25.5 Å². The normalized spacial score (nSPS) is 18.2. The van der Waals surface area contributed by atoms with Crippen molar-refractivity contribution in [1.29, 1.82) is 0 Å². The van der Waals surface area contributed by atoms with Gasteiger partial charge in [0.25, 0.3) is 0 Å². The summed E-state index contributed by atoms with van der Waals surface area (Å²) < 4.78 is 31.6. The van der Waals surface area contributed by atoms with Crippen molar-refractivity contribution in [3.8, 4) is 5.75 Å². The molecule has 1 saturated heterocycles. The monoisotopic (exact) mass is 257 g/mol. The molecule has 0 radical (unpaired) electrons. The minimum absolute atomic E-state index is 0.287. The number of piperidine rings is 1. The summed E-state index contributed by atoms with van der Waals surface area (Å²) in [5, 5.41) is 9.02. The van der Waals surface area contributed by atoms with E-state index in [1.54, 1.807) is 7.11 Å². The van der Waals surface area contributed by atoms with Crippen LogP contribution in [0.1, 0.15) is 18.4 Å². The fourth-order valence-electron chi connectivity index (χ4n) is 2.27. The zero-order chi connectivity index (χ0) is 13.1. The van der Waals surface area contributed by atoms with Crippen LogP contribution in [0, 0.1) is 11.6 Å². The summed E-state index contributed by atoms with van der Waals surface area (Å²) in [5.74, 6) is -2.72. The van der Waals surface area contributed by atoms with Crippen molar-refractivity contribution in [2.24, 2.45) is 0 Å². The summed E-state index contributed by atoms with van der Waals surface area (Å²) >= 11 is 0. The summed E-state index contributed by atoms with van der Waals surface area (Å²) in [6.45, 7) is 2.19. The predicted octanol–water partition coefficient (Wildman–Crippen LogP) is 2.28. The van der Waals surface area contributed by atoms with Gasteiger partial charge in [-0.15, -0.1) is 0 Å². The van der Waals surface area contributed by atoms with E-state index in [-0.39, 0.29) is 6.10 Å². The van der Waals surface area contributed by atoms with Gasteiger partial charge in [-0.2, -0.15) is 0 Å². The zero-order valence-electron chi connectivity index (χ0n) is 10.3. The van der Waals surface area contributed by atoms with Crippen LogP contribution >= 0.6 is 0 Å². The standard InChI is InChI=1S/C13H17F2NO2/c1-18-10-2-4-16(5-3-10)8-9-6-11(14)13(17)12(15)7-9/h6-7,10,17H,2-5,8H2,1H3. The molecule has 0 spiro atoms. The first-order valence-electron chi connectivity index (χ1n) is 6.02. The second kappa shape index (κ2) is 5.63. The van der Waals surface area contributed by atoms with E-state index in [4.69, 9.17) is 9.84 Å². The van der Waals surface area contributed by atoms with Crippen LogP contribution in [0.4, 0.5) is 8.78 Å². The second-order valence-corrected chi connectivity index (χ2v) is 4.62. The van der Waals surface area contributed by atoms with Crippen molar-refractivity contribution < 1.29 is 18.6 Å². The van der Waals surface area contributed by atoms with Gasteiger partial charge >= 0.3 is 0 Å². The first kappa shape index (κ1) is 13.2. The highest BCUT2D eigenvalue weighted by Gasteiger charge is 2.19. The molecule has 1 aromatic rings. The van der Waals surface area contributed by atoms with Crippen LogP contribution in [-0.2, 0) is 11.3 Å². The Hall–Kier alpha value is -1.20. The van der Waals surface area contributed by atoms with Crippen molar-refractivity contribution >= 4 is 0 Å². The number of ether oxygens (including phenoxy) is 1. The maximum Gasteiger partial charge on any atom is 0.187 e. The van der Waals surface area contributed by atoms with Gasteiger partial charge in [-0.1, -0.05) is 0 Å². The van der Waals surface area contributed by atoms with Gasteiger partial charge in [0, 0.05) is 26.7 Å². The fourth-order valence-corrected chi connectivity index (χ4v) is 2.27. The maximum absolute atomic E-state index is 13.2. The van der Waals surface area contributed by atoms with Crippen LogP contribution < -0.4 is 0 Å². The van der Waals surface area contributed by atoms with Crippen LogP contribution in [0.25, 0.3) is 0 Å². The maximum atomic E-state index is 13.2. The highest BCUT2D eigenvalue weighted by molar-refractivity contribution is 5.30. The molecule has 0 aliphatic carbocycles. The number of hydrogen-bond donors (Lipinski definition) is 1. The molecule has 1 aliphatic heterocycles. The molecule has 0 aromatic heterocycles. The fraction of sp³-hybridized carbons (Fsp3) is 0.538. The van der Waals surface area contributed by atoms with Crippen molar-refractivity contribution in [3.05, 3.63) is 29.3 Å². The van der Waals surface area contributed by atoms with Crippen LogP contribution in [-0.4, -0.2) is 36.3 Å². The number of rotatable bonds is 3. The third-order valence-electron chi connectivity index (χ3n) is 3.35. The van der Waals surface area contributed by atoms with Gasteiger partial charge in [-0.3, -0.25) is 4.90 Å². The van der Waals surface area contributed by atoms with E-state index in [0.29, 0.717) is 12.1 Å². The minimum Gasteiger partial charge on any atom is -0.503 e. The number of nitrogens with zero attached hydrogens (tertiary/aromatic N) is 1. The van der Waals surface area contributed by atoms with Crippen LogP contribution in [0.15, 0.2) is 12.1 Å². The third-order valence-corrected chi connectivity index (χ3v) is 3.35. The number of phenols is 1. The van der Waals surface area contributed by atoms with E-state index in [1.165, 1.54) is 12.1 Å². The molecule has 1 heterocycles. The highest BCUT2D eigenvalue weighted by atomic mass is 19.1. The Morgan fingerprint density at radius 3 is 2.33 bits per heavy atom. The van der Waals surface area contributed by atoms with Crippen LogP contribution in [0.2, 0.25) is 0 Å². The topological polar surface area (TPSA) is 32.7 Å². The first-order valence-corrected chi connectivity index (χ1v) is 6.02. The Bertz CT molecular complexity index is 394. The molecule has 18 heavy (non-hydrogen) atoms. The van der Waals surface area contributed by atoms with Crippen molar-refractivity contribution in [2.75, 3.05) is 20.2 Å². The lowest BCUT2D eigenvalue weighted by molar-refractivity contribution is 0.0388. The number of phenolic OH excluding ortho intramolecular Hbond substituents is 1. The van der Waals surface area contributed by atoms with Gasteiger partial charge in [-0.25, -0.2) is 8.78 Å². The molecule has 2 rings (SSSR count).